The van der Waals surface area contributed by atoms with Crippen LogP contribution in [-0.2, 0) is 19.1 Å². The van der Waals surface area contributed by atoms with Gasteiger partial charge in [0.15, 0.2) is 0 Å². The van der Waals surface area contributed by atoms with Crippen molar-refractivity contribution in [2.45, 2.75) is 19.8 Å². The number of aryl methyl sites for hydroxylation is 1. The molecule has 1 aromatic heterocycles. The van der Waals surface area contributed by atoms with Crippen LogP contribution in [0.4, 0.5) is 0 Å². The van der Waals surface area contributed by atoms with Crippen molar-refractivity contribution in [2.75, 3.05) is 6.61 Å². The first-order valence-corrected chi connectivity index (χ1v) is 5.19. The molecule has 0 N–H and O–H groups in total. The number of hydrogen-bond acceptors (Lipinski definition) is 5. The normalized spacial score (nSPS) is 11.6. The molecular weight excluding hydrogens is 222 g/mol. The summed E-state index contributed by atoms with van der Waals surface area (Å²) in [5.41, 5.74) is 1.12. The van der Waals surface area contributed by atoms with E-state index >= 15 is 0 Å². The highest BCUT2D eigenvalue weighted by Gasteiger charge is 2.28. The quantitative estimate of drug-likeness (QED) is 0.327. The summed E-state index contributed by atoms with van der Waals surface area (Å²) >= 11 is 0. The SMILES string of the molecule is CCOC(=O)C(=O)C(C=O)c1cc(C)ccn1. The van der Waals surface area contributed by atoms with E-state index < -0.39 is 17.7 Å². The molecule has 0 aliphatic carbocycles. The first-order chi connectivity index (χ1) is 8.10. The first-order valence-electron chi connectivity index (χ1n) is 5.19. The standard InChI is InChI=1S/C12H13NO4/c1-3-17-12(16)11(15)9(7-14)10-6-8(2)4-5-13-10/h4-7,9H,3H2,1-2H3. The van der Waals surface area contributed by atoms with Gasteiger partial charge < -0.3 is 9.53 Å². The molecule has 5 heteroatoms. The fourth-order valence-electron chi connectivity index (χ4n) is 1.32. The van der Waals surface area contributed by atoms with Crippen LogP contribution < -0.4 is 0 Å². The van der Waals surface area contributed by atoms with Gasteiger partial charge in [-0.1, -0.05) is 0 Å². The van der Waals surface area contributed by atoms with Crippen molar-refractivity contribution in [3.8, 4) is 0 Å². The highest BCUT2D eigenvalue weighted by molar-refractivity contribution is 6.38. The highest BCUT2D eigenvalue weighted by atomic mass is 16.5. The van der Waals surface area contributed by atoms with Gasteiger partial charge >= 0.3 is 5.97 Å². The summed E-state index contributed by atoms with van der Waals surface area (Å²) in [7, 11) is 0. The lowest BCUT2D eigenvalue weighted by atomic mass is 10.00. The van der Waals surface area contributed by atoms with Gasteiger partial charge in [0, 0.05) is 6.20 Å². The maximum Gasteiger partial charge on any atom is 0.375 e. The molecule has 0 bridgehead atoms. The van der Waals surface area contributed by atoms with E-state index in [1.54, 1.807) is 19.1 Å². The predicted octanol–water partition coefficient (Wildman–Crippen LogP) is 0.805. The zero-order valence-electron chi connectivity index (χ0n) is 9.67. The van der Waals surface area contributed by atoms with Crippen LogP contribution in [0.2, 0.25) is 0 Å². The summed E-state index contributed by atoms with van der Waals surface area (Å²) in [4.78, 5) is 37.7. The Kier molecular flexibility index (Phi) is 4.51. The third-order valence-corrected chi connectivity index (χ3v) is 2.15. The maximum atomic E-state index is 11.6. The fourth-order valence-corrected chi connectivity index (χ4v) is 1.32. The molecule has 0 saturated heterocycles. The average molecular weight is 235 g/mol. The molecule has 0 aliphatic heterocycles. The summed E-state index contributed by atoms with van der Waals surface area (Å²) in [6.07, 6.45) is 1.89. The van der Waals surface area contributed by atoms with Gasteiger partial charge in [0.2, 0.25) is 0 Å². The minimum atomic E-state index is -1.19. The van der Waals surface area contributed by atoms with Crippen molar-refractivity contribution < 1.29 is 19.1 Å². The number of Topliss-reactive ketones (excluding diaryl/α,β-unsaturated/α-hetero) is 1. The third kappa shape index (κ3) is 3.21. The number of esters is 1. The number of pyridine rings is 1. The van der Waals surface area contributed by atoms with E-state index in [1.165, 1.54) is 6.20 Å². The van der Waals surface area contributed by atoms with Crippen molar-refractivity contribution in [1.82, 2.24) is 4.98 Å². The Bertz CT molecular complexity index is 442. The molecule has 5 nitrogen and oxygen atoms in total. The van der Waals surface area contributed by atoms with Crippen molar-refractivity contribution in [3.05, 3.63) is 29.6 Å². The molecule has 1 unspecified atom stereocenters. The second-order valence-electron chi connectivity index (χ2n) is 3.46. The summed E-state index contributed by atoms with van der Waals surface area (Å²) in [5, 5.41) is 0. The fraction of sp³-hybridized carbons (Fsp3) is 0.333. The minimum absolute atomic E-state index is 0.0946. The zero-order valence-corrected chi connectivity index (χ0v) is 9.67. The Balaban J connectivity index is 2.96. The number of carbonyl (C=O) groups excluding carboxylic acids is 3. The number of aromatic nitrogens is 1. The Labute approximate surface area is 98.8 Å². The first kappa shape index (κ1) is 13.0. The van der Waals surface area contributed by atoms with Crippen LogP contribution in [0.5, 0.6) is 0 Å². The predicted molar refractivity (Wildman–Crippen MR) is 59.4 cm³/mol. The van der Waals surface area contributed by atoms with Crippen LogP contribution in [-0.4, -0.2) is 29.6 Å². The van der Waals surface area contributed by atoms with E-state index in [9.17, 15) is 14.4 Å². The Morgan fingerprint density at radius 1 is 1.53 bits per heavy atom. The van der Waals surface area contributed by atoms with E-state index in [0.29, 0.717) is 6.29 Å². The molecule has 0 aromatic carbocycles. The van der Waals surface area contributed by atoms with Gasteiger partial charge in [-0.3, -0.25) is 9.78 Å². The number of carbonyl (C=O) groups is 3. The summed E-state index contributed by atoms with van der Waals surface area (Å²) in [5.74, 6) is -3.08. The number of aldehydes is 1. The molecule has 0 radical (unpaired) electrons. The van der Waals surface area contributed by atoms with Crippen LogP contribution in [0.25, 0.3) is 0 Å². The molecule has 17 heavy (non-hydrogen) atoms. The maximum absolute atomic E-state index is 11.6. The van der Waals surface area contributed by atoms with E-state index in [4.69, 9.17) is 0 Å². The Morgan fingerprint density at radius 2 is 2.24 bits per heavy atom. The summed E-state index contributed by atoms with van der Waals surface area (Å²) in [6, 6.07) is 3.33. The van der Waals surface area contributed by atoms with Crippen LogP contribution >= 0.6 is 0 Å². The molecule has 0 aliphatic rings. The van der Waals surface area contributed by atoms with Gasteiger partial charge in [-0.25, -0.2) is 4.79 Å². The van der Waals surface area contributed by atoms with Gasteiger partial charge in [-0.2, -0.15) is 0 Å². The number of hydrogen-bond donors (Lipinski definition) is 0. The van der Waals surface area contributed by atoms with Crippen molar-refractivity contribution in [1.29, 1.82) is 0 Å². The molecule has 0 amide bonds. The van der Waals surface area contributed by atoms with Crippen LogP contribution in [0.15, 0.2) is 18.3 Å². The minimum Gasteiger partial charge on any atom is -0.460 e. The Morgan fingerprint density at radius 3 is 2.76 bits per heavy atom. The molecule has 1 rings (SSSR count). The highest BCUT2D eigenvalue weighted by Crippen LogP contribution is 2.14. The van der Waals surface area contributed by atoms with Gasteiger partial charge in [0.25, 0.3) is 5.78 Å². The number of nitrogens with zero attached hydrogens (tertiary/aromatic N) is 1. The van der Waals surface area contributed by atoms with E-state index in [2.05, 4.69) is 9.72 Å². The van der Waals surface area contributed by atoms with E-state index in [-0.39, 0.29) is 12.3 Å². The lowest BCUT2D eigenvalue weighted by Gasteiger charge is -2.08. The van der Waals surface area contributed by atoms with Crippen molar-refractivity contribution >= 4 is 18.0 Å². The molecule has 90 valence electrons. The van der Waals surface area contributed by atoms with Gasteiger partial charge in [-0.15, -0.1) is 0 Å². The Hall–Kier alpha value is -2.04. The summed E-state index contributed by atoms with van der Waals surface area (Å²) in [6.45, 7) is 3.49. The van der Waals surface area contributed by atoms with Gasteiger partial charge in [0.05, 0.1) is 12.3 Å². The smallest absolute Gasteiger partial charge is 0.375 e. The van der Waals surface area contributed by atoms with Gasteiger partial charge in [0.1, 0.15) is 12.2 Å². The second kappa shape index (κ2) is 5.89. The molecule has 1 atom stereocenters. The lowest BCUT2D eigenvalue weighted by molar-refractivity contribution is -0.154. The molecule has 1 aromatic rings. The average Bonchev–Trinajstić information content (AvgIpc) is 2.30. The lowest BCUT2D eigenvalue weighted by Crippen LogP contribution is -2.26. The van der Waals surface area contributed by atoms with Crippen molar-refractivity contribution in [3.63, 3.8) is 0 Å². The van der Waals surface area contributed by atoms with Crippen LogP contribution in [0.1, 0.15) is 24.1 Å². The molecular formula is C12H13NO4. The second-order valence-corrected chi connectivity index (χ2v) is 3.46. The van der Waals surface area contributed by atoms with E-state index in [0.717, 1.165) is 5.56 Å². The topological polar surface area (TPSA) is 73.3 Å². The van der Waals surface area contributed by atoms with E-state index in [1.807, 2.05) is 6.92 Å². The molecule has 0 spiro atoms. The zero-order chi connectivity index (χ0) is 12.8. The van der Waals surface area contributed by atoms with Crippen LogP contribution in [0, 0.1) is 6.92 Å². The van der Waals surface area contributed by atoms with Crippen molar-refractivity contribution in [2.24, 2.45) is 0 Å². The largest absolute Gasteiger partial charge is 0.460 e. The number of ether oxygens (including phenoxy) is 1. The van der Waals surface area contributed by atoms with Gasteiger partial charge in [-0.05, 0) is 31.5 Å². The monoisotopic (exact) mass is 235 g/mol. The third-order valence-electron chi connectivity index (χ3n) is 2.15. The number of rotatable bonds is 5. The number of ketones is 1. The molecule has 0 saturated carbocycles. The summed E-state index contributed by atoms with van der Waals surface area (Å²) < 4.78 is 4.56. The van der Waals surface area contributed by atoms with Crippen LogP contribution in [0.3, 0.4) is 0 Å². The molecule has 1 heterocycles. The molecule has 0 fully saturated rings.